The summed E-state index contributed by atoms with van der Waals surface area (Å²) in [7, 11) is 0. The van der Waals surface area contributed by atoms with Crippen molar-refractivity contribution < 1.29 is 30.0 Å². The largest absolute Gasteiger partial charge is 0.394 e. The smallest absolute Gasteiger partial charge is 0.160 e. The van der Waals surface area contributed by atoms with Crippen LogP contribution in [0.4, 0.5) is 0 Å². The lowest BCUT2D eigenvalue weighted by atomic mass is 9.87. The second-order valence-corrected chi connectivity index (χ2v) is 3.99. The first-order chi connectivity index (χ1) is 7.51. The highest BCUT2D eigenvalue weighted by atomic mass is 16.6. The summed E-state index contributed by atoms with van der Waals surface area (Å²) in [6.07, 6.45) is -4.66. The lowest BCUT2D eigenvalue weighted by Gasteiger charge is -2.39. The summed E-state index contributed by atoms with van der Waals surface area (Å²) in [5.41, 5.74) is 0. The minimum Gasteiger partial charge on any atom is -0.394 e. The van der Waals surface area contributed by atoms with Gasteiger partial charge in [0.05, 0.1) is 12.7 Å². The van der Waals surface area contributed by atoms with Crippen molar-refractivity contribution in [1.82, 2.24) is 0 Å². The van der Waals surface area contributed by atoms with Crippen molar-refractivity contribution in [1.29, 1.82) is 0 Å². The number of Topliss-reactive ketones (excluding diaryl/α,β-unsaturated/α-hetero) is 1. The molecule has 1 aliphatic rings. The monoisotopic (exact) mass is 234 g/mol. The Balaban J connectivity index is 2.67. The van der Waals surface area contributed by atoms with Crippen LogP contribution in [0.5, 0.6) is 0 Å². The second kappa shape index (κ2) is 5.70. The number of hydrogen-bond donors (Lipinski definition) is 4. The first kappa shape index (κ1) is 13.5. The standard InChI is InChI=1S/C10H18O6/c1-2-5(12)3-6-8(13)9(14)7(4-11)16-10(6)15/h6-11,13-15H,2-4H2,1H3/t6?,7?,8-,9+,10?/m1/s1. The van der Waals surface area contributed by atoms with Gasteiger partial charge in [-0.25, -0.2) is 0 Å². The van der Waals surface area contributed by atoms with Gasteiger partial charge in [-0.05, 0) is 0 Å². The second-order valence-electron chi connectivity index (χ2n) is 3.99. The number of aliphatic hydroxyl groups excluding tert-OH is 4. The molecule has 0 saturated carbocycles. The highest BCUT2D eigenvalue weighted by Gasteiger charge is 2.43. The molecule has 94 valence electrons. The first-order valence-corrected chi connectivity index (χ1v) is 5.33. The third-order valence-corrected chi connectivity index (χ3v) is 2.89. The Morgan fingerprint density at radius 2 is 1.88 bits per heavy atom. The van der Waals surface area contributed by atoms with E-state index in [-0.39, 0.29) is 12.2 Å². The van der Waals surface area contributed by atoms with Crippen LogP contribution in [0.25, 0.3) is 0 Å². The number of aliphatic hydroxyl groups is 4. The van der Waals surface area contributed by atoms with Crippen molar-refractivity contribution in [2.75, 3.05) is 6.61 Å². The van der Waals surface area contributed by atoms with E-state index in [2.05, 4.69) is 0 Å². The fourth-order valence-electron chi connectivity index (χ4n) is 1.78. The van der Waals surface area contributed by atoms with Crippen LogP contribution in [0, 0.1) is 5.92 Å². The molecule has 0 spiro atoms. The van der Waals surface area contributed by atoms with E-state index in [4.69, 9.17) is 9.84 Å². The molecule has 3 unspecified atom stereocenters. The van der Waals surface area contributed by atoms with E-state index in [0.29, 0.717) is 6.42 Å². The summed E-state index contributed by atoms with van der Waals surface area (Å²) in [5, 5.41) is 37.6. The molecule has 0 aromatic heterocycles. The Kier molecular flexibility index (Phi) is 4.82. The molecule has 1 saturated heterocycles. The number of ketones is 1. The van der Waals surface area contributed by atoms with Gasteiger partial charge in [-0.1, -0.05) is 6.92 Å². The van der Waals surface area contributed by atoms with Crippen LogP contribution in [-0.4, -0.2) is 57.4 Å². The average molecular weight is 234 g/mol. The molecule has 1 rings (SSSR count). The topological polar surface area (TPSA) is 107 Å². The van der Waals surface area contributed by atoms with Crippen LogP contribution in [0.1, 0.15) is 19.8 Å². The molecule has 0 radical (unpaired) electrons. The zero-order chi connectivity index (χ0) is 12.3. The van der Waals surface area contributed by atoms with E-state index < -0.39 is 37.1 Å². The van der Waals surface area contributed by atoms with Gasteiger partial charge >= 0.3 is 0 Å². The summed E-state index contributed by atoms with van der Waals surface area (Å²) in [6.45, 7) is 1.18. The van der Waals surface area contributed by atoms with Gasteiger partial charge in [0.15, 0.2) is 6.29 Å². The van der Waals surface area contributed by atoms with E-state index >= 15 is 0 Å². The molecule has 5 atom stereocenters. The lowest BCUT2D eigenvalue weighted by Crippen LogP contribution is -2.55. The zero-order valence-electron chi connectivity index (χ0n) is 9.11. The summed E-state index contributed by atoms with van der Waals surface area (Å²) in [5.74, 6) is -0.966. The molecule has 6 nitrogen and oxygen atoms in total. The summed E-state index contributed by atoms with van der Waals surface area (Å²) in [4.78, 5) is 11.2. The molecule has 6 heteroatoms. The fourth-order valence-corrected chi connectivity index (χ4v) is 1.78. The molecule has 0 amide bonds. The minimum atomic E-state index is -1.34. The van der Waals surface area contributed by atoms with Crippen molar-refractivity contribution in [3.8, 4) is 0 Å². The van der Waals surface area contributed by atoms with Crippen LogP contribution < -0.4 is 0 Å². The van der Waals surface area contributed by atoms with E-state index in [0.717, 1.165) is 0 Å². The van der Waals surface area contributed by atoms with E-state index in [1.165, 1.54) is 0 Å². The summed E-state index contributed by atoms with van der Waals surface area (Å²) < 4.78 is 4.92. The van der Waals surface area contributed by atoms with Gasteiger partial charge in [-0.2, -0.15) is 0 Å². The molecular weight excluding hydrogens is 216 g/mol. The van der Waals surface area contributed by atoms with E-state index in [1.54, 1.807) is 6.92 Å². The Bertz CT molecular complexity index is 243. The van der Waals surface area contributed by atoms with Crippen molar-refractivity contribution in [3.63, 3.8) is 0 Å². The summed E-state index contributed by atoms with van der Waals surface area (Å²) >= 11 is 0. The van der Waals surface area contributed by atoms with Crippen molar-refractivity contribution >= 4 is 5.78 Å². The predicted octanol–water partition coefficient (Wildman–Crippen LogP) is -1.60. The molecule has 1 fully saturated rings. The van der Waals surface area contributed by atoms with Gasteiger partial charge in [0, 0.05) is 18.8 Å². The lowest BCUT2D eigenvalue weighted by molar-refractivity contribution is -0.269. The van der Waals surface area contributed by atoms with Crippen molar-refractivity contribution in [3.05, 3.63) is 0 Å². The number of ether oxygens (including phenoxy) is 1. The SMILES string of the molecule is CCC(=O)CC1C(O)OC(CO)[C@H](O)[C@@H]1O. The van der Waals surface area contributed by atoms with E-state index in [1.807, 2.05) is 0 Å². The number of hydrogen-bond acceptors (Lipinski definition) is 6. The molecule has 1 aliphatic heterocycles. The highest BCUT2D eigenvalue weighted by Crippen LogP contribution is 2.27. The van der Waals surface area contributed by atoms with Crippen LogP contribution in [0.3, 0.4) is 0 Å². The normalized spacial score (nSPS) is 39.7. The van der Waals surface area contributed by atoms with E-state index in [9.17, 15) is 20.1 Å². The molecular formula is C10H18O6. The number of carbonyl (C=O) groups is 1. The highest BCUT2D eigenvalue weighted by molar-refractivity contribution is 5.78. The molecule has 1 heterocycles. The maximum absolute atomic E-state index is 11.2. The van der Waals surface area contributed by atoms with Gasteiger partial charge in [-0.15, -0.1) is 0 Å². The Hall–Kier alpha value is -0.530. The van der Waals surface area contributed by atoms with Crippen molar-refractivity contribution in [2.45, 2.75) is 44.4 Å². The first-order valence-electron chi connectivity index (χ1n) is 5.33. The fraction of sp³-hybridized carbons (Fsp3) is 0.900. The van der Waals surface area contributed by atoms with Gasteiger partial charge in [0.2, 0.25) is 0 Å². The molecule has 0 aromatic rings. The molecule has 0 bridgehead atoms. The van der Waals surface area contributed by atoms with Crippen LogP contribution in [-0.2, 0) is 9.53 Å². The van der Waals surface area contributed by atoms with Crippen LogP contribution in [0.2, 0.25) is 0 Å². The molecule has 0 aliphatic carbocycles. The molecule has 4 N–H and O–H groups in total. The summed E-state index contributed by atoms with van der Waals surface area (Å²) in [6, 6.07) is 0. The van der Waals surface area contributed by atoms with Gasteiger partial charge in [0.25, 0.3) is 0 Å². The minimum absolute atomic E-state index is 0.0476. The maximum atomic E-state index is 11.2. The van der Waals surface area contributed by atoms with Crippen molar-refractivity contribution in [2.24, 2.45) is 5.92 Å². The van der Waals surface area contributed by atoms with Gasteiger partial charge < -0.3 is 25.2 Å². The number of carbonyl (C=O) groups excluding carboxylic acids is 1. The van der Waals surface area contributed by atoms with Gasteiger partial charge in [-0.3, -0.25) is 4.79 Å². The zero-order valence-corrected chi connectivity index (χ0v) is 9.11. The maximum Gasteiger partial charge on any atom is 0.160 e. The Morgan fingerprint density at radius 3 is 2.38 bits per heavy atom. The number of rotatable bonds is 4. The van der Waals surface area contributed by atoms with Crippen LogP contribution in [0.15, 0.2) is 0 Å². The quantitative estimate of drug-likeness (QED) is 0.467. The molecule has 16 heavy (non-hydrogen) atoms. The Labute approximate surface area is 93.5 Å². The Morgan fingerprint density at radius 1 is 1.25 bits per heavy atom. The average Bonchev–Trinajstić information content (AvgIpc) is 2.28. The predicted molar refractivity (Wildman–Crippen MR) is 53.4 cm³/mol. The third kappa shape index (κ3) is 2.78. The van der Waals surface area contributed by atoms with Gasteiger partial charge in [0.1, 0.15) is 18.0 Å². The van der Waals surface area contributed by atoms with Crippen LogP contribution >= 0.6 is 0 Å². The third-order valence-electron chi connectivity index (χ3n) is 2.89. The molecule has 0 aromatic carbocycles.